The molecule has 0 bridgehead atoms. The number of furan rings is 1. The highest BCUT2D eigenvalue weighted by molar-refractivity contribution is 9.13. The second-order valence-corrected chi connectivity index (χ2v) is 11.5. The number of hydrazone groups is 1. The lowest BCUT2D eigenvalue weighted by molar-refractivity contribution is 0.0923. The van der Waals surface area contributed by atoms with Gasteiger partial charge in [0.2, 0.25) is 0 Å². The number of nitriles is 1. The van der Waals surface area contributed by atoms with E-state index in [2.05, 4.69) is 79.0 Å². The van der Waals surface area contributed by atoms with Crippen molar-refractivity contribution in [2.45, 2.75) is 27.1 Å². The van der Waals surface area contributed by atoms with Crippen LogP contribution in [0.1, 0.15) is 44.4 Å². The number of ether oxygens (including phenoxy) is 3. The van der Waals surface area contributed by atoms with Crippen LogP contribution in [0.25, 0.3) is 5.69 Å². The summed E-state index contributed by atoms with van der Waals surface area (Å²) in [7, 11) is 1.52. The van der Waals surface area contributed by atoms with Crippen molar-refractivity contribution in [3.8, 4) is 29.0 Å². The summed E-state index contributed by atoms with van der Waals surface area (Å²) in [6.07, 6.45) is 1.47. The van der Waals surface area contributed by atoms with Crippen LogP contribution in [0.5, 0.6) is 17.2 Å². The first-order valence-corrected chi connectivity index (χ1v) is 15.3. The van der Waals surface area contributed by atoms with Crippen molar-refractivity contribution in [3.63, 3.8) is 0 Å². The Kier molecular flexibility index (Phi) is 10.1. The van der Waals surface area contributed by atoms with Gasteiger partial charge in [0.1, 0.15) is 24.7 Å². The molecular weight excluding hydrogens is 704 g/mol. The minimum atomic E-state index is -0.516. The highest BCUT2D eigenvalue weighted by Crippen LogP contribution is 2.42. The van der Waals surface area contributed by atoms with Crippen molar-refractivity contribution in [1.82, 2.24) is 9.99 Å². The number of amides is 1. The molecule has 1 N–H and O–H groups in total. The predicted molar refractivity (Wildman–Crippen MR) is 177 cm³/mol. The summed E-state index contributed by atoms with van der Waals surface area (Å²) in [5.74, 6) is 1.65. The number of benzene rings is 3. The molecule has 9 nitrogen and oxygen atoms in total. The van der Waals surface area contributed by atoms with E-state index in [-0.39, 0.29) is 19.0 Å². The molecule has 1 amide bonds. The molecule has 0 radical (unpaired) electrons. The third-order valence-corrected chi connectivity index (χ3v) is 9.03. The highest BCUT2D eigenvalue weighted by Gasteiger charge is 2.18. The third-order valence-electron chi connectivity index (χ3n) is 6.89. The zero-order valence-corrected chi connectivity index (χ0v) is 27.8. The van der Waals surface area contributed by atoms with Crippen LogP contribution in [0.3, 0.4) is 0 Å². The van der Waals surface area contributed by atoms with Crippen LogP contribution in [0.15, 0.2) is 97.3 Å². The molecule has 0 aliphatic heterocycles. The lowest BCUT2D eigenvalue weighted by atomic mass is 10.1. The molecule has 2 heterocycles. The monoisotopic (exact) mass is 730 g/mol. The minimum absolute atomic E-state index is 0.0962. The molecule has 0 atom stereocenters. The maximum atomic E-state index is 12.7. The highest BCUT2D eigenvalue weighted by atomic mass is 79.9. The zero-order valence-electron chi connectivity index (χ0n) is 24.6. The number of hydrogen-bond acceptors (Lipinski definition) is 7. The summed E-state index contributed by atoms with van der Waals surface area (Å²) < 4.78 is 26.5. The first-order valence-electron chi connectivity index (χ1n) is 13.8. The number of nitrogens with zero attached hydrogens (tertiary/aromatic N) is 3. The molecule has 0 unspecified atom stereocenters. The Bertz CT molecular complexity index is 1890. The number of nitrogens with one attached hydrogen (secondary N) is 1. The lowest BCUT2D eigenvalue weighted by Crippen LogP contribution is -2.16. The number of carbonyl (C=O) groups is 1. The van der Waals surface area contributed by atoms with Gasteiger partial charge in [0.25, 0.3) is 0 Å². The normalized spacial score (nSPS) is 10.9. The summed E-state index contributed by atoms with van der Waals surface area (Å²) in [6, 6.07) is 26.3. The summed E-state index contributed by atoms with van der Waals surface area (Å²) in [5, 5.41) is 13.4. The molecule has 5 aromatic rings. The Hall–Kier alpha value is -4.79. The van der Waals surface area contributed by atoms with Crippen molar-refractivity contribution < 1.29 is 23.4 Å². The van der Waals surface area contributed by atoms with Crippen molar-refractivity contribution in [2.24, 2.45) is 5.10 Å². The van der Waals surface area contributed by atoms with E-state index in [0.717, 1.165) is 22.6 Å². The van der Waals surface area contributed by atoms with Crippen LogP contribution in [0.2, 0.25) is 0 Å². The molecule has 0 spiro atoms. The Balaban J connectivity index is 1.18. The van der Waals surface area contributed by atoms with Crippen molar-refractivity contribution in [2.75, 3.05) is 7.11 Å². The van der Waals surface area contributed by atoms with Gasteiger partial charge in [0.05, 0.1) is 29.4 Å². The van der Waals surface area contributed by atoms with Gasteiger partial charge in [-0.25, -0.2) is 5.43 Å². The topological polar surface area (TPSA) is 111 Å². The molecule has 0 saturated carbocycles. The molecule has 45 heavy (non-hydrogen) atoms. The van der Waals surface area contributed by atoms with Crippen LogP contribution in [-0.4, -0.2) is 23.8 Å². The molecule has 3 aromatic carbocycles. The second kappa shape index (κ2) is 14.3. The number of methoxy groups -OCH3 is 1. The van der Waals surface area contributed by atoms with Crippen LogP contribution in [-0.2, 0) is 13.2 Å². The van der Waals surface area contributed by atoms with Crippen LogP contribution < -0.4 is 19.6 Å². The standard InChI is InChI=1S/C34H28Br2N4O5/c1-21-8-9-22(2)40(21)26-10-12-27(13-11-26)43-20-28-14-15-29(45-28)34(41)39-38-18-25-16-30(42-3)33(32(36)31(25)35)44-19-24-7-5-4-6-23(24)17-37/h4-16,18H,19-20H2,1-3H3,(H,39,41)/b38-18+. The fourth-order valence-corrected chi connectivity index (χ4v) is 5.54. The molecule has 11 heteroatoms. The second-order valence-electron chi connectivity index (χ2n) is 9.88. The van der Waals surface area contributed by atoms with Crippen molar-refractivity contribution in [3.05, 3.63) is 127 Å². The third kappa shape index (κ3) is 7.30. The fourth-order valence-electron chi connectivity index (χ4n) is 4.60. The molecule has 2 aromatic heterocycles. The average Bonchev–Trinajstić information content (AvgIpc) is 3.67. The molecule has 0 aliphatic carbocycles. The molecule has 5 rings (SSSR count). The van der Waals surface area contributed by atoms with E-state index in [1.54, 1.807) is 30.3 Å². The first kappa shape index (κ1) is 31.6. The van der Waals surface area contributed by atoms with Gasteiger partial charge >= 0.3 is 5.91 Å². The largest absolute Gasteiger partial charge is 0.493 e. The van der Waals surface area contributed by atoms with Gasteiger partial charge in [-0.05, 0) is 106 Å². The SMILES string of the molecule is COc1cc(/C=N/NC(=O)c2ccc(COc3ccc(-n4c(C)ccc4C)cc3)o2)c(Br)c(Br)c1OCc1ccccc1C#N. The maximum Gasteiger partial charge on any atom is 0.307 e. The van der Waals surface area contributed by atoms with Gasteiger partial charge in [-0.2, -0.15) is 10.4 Å². The molecule has 228 valence electrons. The summed E-state index contributed by atoms with van der Waals surface area (Å²) in [5.41, 5.74) is 7.75. The number of aromatic nitrogens is 1. The lowest BCUT2D eigenvalue weighted by Gasteiger charge is -2.15. The Labute approximate surface area is 277 Å². The smallest absolute Gasteiger partial charge is 0.307 e. The number of carbonyl (C=O) groups excluding carboxylic acids is 1. The van der Waals surface area contributed by atoms with E-state index in [0.29, 0.717) is 43.1 Å². The molecular formula is C34H28Br2N4O5. The van der Waals surface area contributed by atoms with Crippen molar-refractivity contribution >= 4 is 44.0 Å². The van der Waals surface area contributed by atoms with E-state index in [1.807, 2.05) is 36.4 Å². The minimum Gasteiger partial charge on any atom is -0.493 e. The number of halogens is 2. The number of aryl methyl sites for hydroxylation is 2. The van der Waals surface area contributed by atoms with Gasteiger partial charge in [0.15, 0.2) is 17.3 Å². The maximum absolute atomic E-state index is 12.7. The Morgan fingerprint density at radius 3 is 2.42 bits per heavy atom. The summed E-state index contributed by atoms with van der Waals surface area (Å²) >= 11 is 7.10. The van der Waals surface area contributed by atoms with Gasteiger partial charge in [-0.15, -0.1) is 0 Å². The van der Waals surface area contributed by atoms with Crippen molar-refractivity contribution in [1.29, 1.82) is 5.26 Å². The zero-order chi connectivity index (χ0) is 31.9. The number of hydrogen-bond donors (Lipinski definition) is 1. The average molecular weight is 732 g/mol. The fraction of sp³-hybridized carbons (Fsp3) is 0.147. The van der Waals surface area contributed by atoms with Crippen LogP contribution in [0.4, 0.5) is 0 Å². The van der Waals surface area contributed by atoms with E-state index in [4.69, 9.17) is 18.6 Å². The Morgan fingerprint density at radius 1 is 0.978 bits per heavy atom. The van der Waals surface area contributed by atoms with Gasteiger partial charge in [0, 0.05) is 32.7 Å². The number of rotatable bonds is 11. The van der Waals surface area contributed by atoms with Gasteiger partial charge in [-0.1, -0.05) is 18.2 Å². The first-order chi connectivity index (χ1) is 21.8. The summed E-state index contributed by atoms with van der Waals surface area (Å²) in [4.78, 5) is 12.7. The van der Waals surface area contributed by atoms with E-state index in [1.165, 1.54) is 13.3 Å². The van der Waals surface area contributed by atoms with Crippen LogP contribution in [0, 0.1) is 25.2 Å². The Morgan fingerprint density at radius 2 is 1.71 bits per heavy atom. The molecule has 0 aliphatic rings. The van der Waals surface area contributed by atoms with E-state index >= 15 is 0 Å². The predicted octanol–water partition coefficient (Wildman–Crippen LogP) is 8.01. The van der Waals surface area contributed by atoms with Gasteiger partial charge in [-0.3, -0.25) is 4.79 Å². The quantitative estimate of drug-likeness (QED) is 0.109. The van der Waals surface area contributed by atoms with Crippen LogP contribution >= 0.6 is 31.9 Å². The molecule has 0 saturated heterocycles. The molecule has 0 fully saturated rings. The van der Waals surface area contributed by atoms with Gasteiger partial charge < -0.3 is 23.2 Å². The van der Waals surface area contributed by atoms with E-state index < -0.39 is 5.91 Å². The van der Waals surface area contributed by atoms with E-state index in [9.17, 15) is 10.1 Å². The summed E-state index contributed by atoms with van der Waals surface area (Å²) in [6.45, 7) is 4.47.